The van der Waals surface area contributed by atoms with Gasteiger partial charge in [0, 0.05) is 17.5 Å². The largest absolute Gasteiger partial charge is 0.356 e. The molecular weight excluding hydrogens is 440 g/mol. The molecule has 34 heavy (non-hydrogen) atoms. The topological polar surface area (TPSA) is 55.1 Å². The van der Waals surface area contributed by atoms with Gasteiger partial charge in [-0.15, -0.1) is 12.4 Å². The van der Waals surface area contributed by atoms with Crippen LogP contribution in [0.5, 0.6) is 0 Å². The Labute approximate surface area is 218 Å². The number of rotatable bonds is 17. The summed E-state index contributed by atoms with van der Waals surface area (Å²) >= 11 is 0. The van der Waals surface area contributed by atoms with Gasteiger partial charge in [0.15, 0.2) is 0 Å². The van der Waals surface area contributed by atoms with Crippen molar-refractivity contribution in [1.82, 2.24) is 5.32 Å². The lowest BCUT2D eigenvalue weighted by atomic mass is 9.49. The van der Waals surface area contributed by atoms with Crippen molar-refractivity contribution >= 4 is 18.3 Å². The van der Waals surface area contributed by atoms with Crippen LogP contribution >= 0.6 is 12.4 Å². The van der Waals surface area contributed by atoms with Crippen LogP contribution in [0.4, 0.5) is 0 Å². The Morgan fingerprint density at radius 2 is 1.32 bits per heavy atom. The number of hydrogen-bond donors (Lipinski definition) is 2. The van der Waals surface area contributed by atoms with Gasteiger partial charge < -0.3 is 11.1 Å². The van der Waals surface area contributed by atoms with E-state index in [4.69, 9.17) is 5.73 Å². The summed E-state index contributed by atoms with van der Waals surface area (Å²) in [4.78, 5) is 13.2. The first-order chi connectivity index (χ1) is 15.8. The minimum absolute atomic E-state index is 0. The molecule has 200 valence electrons. The zero-order chi connectivity index (χ0) is 23.7. The zero-order valence-corrected chi connectivity index (χ0v) is 23.7. The van der Waals surface area contributed by atoms with E-state index in [1.807, 2.05) is 0 Å². The molecule has 3 nitrogen and oxygen atoms in total. The second kappa shape index (κ2) is 14.5. The molecule has 0 radical (unpaired) electrons. The lowest BCUT2D eigenvalue weighted by molar-refractivity contribution is -0.146. The number of hydrogen-bond acceptors (Lipinski definition) is 2. The SMILES string of the molecule is CCCCCCCCCCCC(CCCNC(=O)C12CC3CC(CC(C3)C1)C2)CC(C)(C)N.Cl. The van der Waals surface area contributed by atoms with E-state index in [2.05, 4.69) is 26.1 Å². The maximum atomic E-state index is 13.2. The smallest absolute Gasteiger partial charge is 0.226 e. The fraction of sp³-hybridized carbons (Fsp3) is 0.967. The van der Waals surface area contributed by atoms with Crippen molar-refractivity contribution < 1.29 is 4.79 Å². The van der Waals surface area contributed by atoms with Crippen molar-refractivity contribution in [2.24, 2.45) is 34.8 Å². The van der Waals surface area contributed by atoms with Crippen LogP contribution in [0.3, 0.4) is 0 Å². The molecule has 4 aliphatic rings. The van der Waals surface area contributed by atoms with Crippen molar-refractivity contribution in [3.05, 3.63) is 0 Å². The number of nitrogens with one attached hydrogen (secondary N) is 1. The molecule has 4 fully saturated rings. The number of unbranched alkanes of at least 4 members (excludes halogenated alkanes) is 8. The highest BCUT2D eigenvalue weighted by Gasteiger charge is 2.54. The van der Waals surface area contributed by atoms with Gasteiger partial charge in [-0.05, 0) is 95.3 Å². The second-order valence-corrected chi connectivity index (χ2v) is 13.3. The monoisotopic (exact) mass is 496 g/mol. The summed E-state index contributed by atoms with van der Waals surface area (Å²) in [7, 11) is 0. The third-order valence-corrected chi connectivity index (χ3v) is 9.13. The lowest BCUT2D eigenvalue weighted by Crippen LogP contribution is -2.53. The summed E-state index contributed by atoms with van der Waals surface area (Å²) in [5.74, 6) is 3.63. The standard InChI is InChI=1S/C30H56N2O.ClH/c1-4-5-6-7-8-9-10-11-12-14-24(20-29(2,3)31)15-13-16-32-28(33)30-21-25-17-26(22-30)19-27(18-25)23-30;/h24-27H,4-23,31H2,1-3H3,(H,32,33);1H. The van der Waals surface area contributed by atoms with E-state index in [1.54, 1.807) is 0 Å². The van der Waals surface area contributed by atoms with Gasteiger partial charge in [-0.3, -0.25) is 4.79 Å². The van der Waals surface area contributed by atoms with Crippen LogP contribution in [-0.4, -0.2) is 18.0 Å². The predicted molar refractivity (Wildman–Crippen MR) is 148 cm³/mol. The van der Waals surface area contributed by atoms with Crippen LogP contribution in [0.2, 0.25) is 0 Å². The maximum Gasteiger partial charge on any atom is 0.226 e. The average Bonchev–Trinajstić information content (AvgIpc) is 2.73. The number of amides is 1. The van der Waals surface area contributed by atoms with Crippen molar-refractivity contribution in [2.75, 3.05) is 6.54 Å². The molecule has 4 saturated carbocycles. The fourth-order valence-electron chi connectivity index (χ4n) is 8.01. The quantitative estimate of drug-likeness (QED) is 0.199. The molecule has 0 saturated heterocycles. The van der Waals surface area contributed by atoms with Crippen LogP contribution < -0.4 is 11.1 Å². The van der Waals surface area contributed by atoms with Crippen molar-refractivity contribution in [2.45, 2.75) is 148 Å². The Kier molecular flexibility index (Phi) is 12.7. The summed E-state index contributed by atoms with van der Waals surface area (Å²) in [5.41, 5.74) is 6.31. The van der Waals surface area contributed by atoms with Gasteiger partial charge in [0.1, 0.15) is 0 Å². The van der Waals surface area contributed by atoms with Gasteiger partial charge in [-0.2, -0.15) is 0 Å². The normalized spacial score (nSPS) is 28.5. The molecule has 0 aromatic rings. The van der Waals surface area contributed by atoms with E-state index in [1.165, 1.54) is 109 Å². The highest BCUT2D eigenvalue weighted by molar-refractivity contribution is 5.85. The van der Waals surface area contributed by atoms with E-state index < -0.39 is 0 Å². The molecule has 0 spiro atoms. The first-order valence-electron chi connectivity index (χ1n) is 14.9. The summed E-state index contributed by atoms with van der Waals surface area (Å²) in [6, 6.07) is 0. The van der Waals surface area contributed by atoms with Gasteiger partial charge in [-0.25, -0.2) is 0 Å². The van der Waals surface area contributed by atoms with Gasteiger partial charge in [-0.1, -0.05) is 71.1 Å². The highest BCUT2D eigenvalue weighted by atomic mass is 35.5. The van der Waals surface area contributed by atoms with Crippen LogP contribution in [0.25, 0.3) is 0 Å². The van der Waals surface area contributed by atoms with Crippen LogP contribution in [0.1, 0.15) is 143 Å². The van der Waals surface area contributed by atoms with Crippen molar-refractivity contribution in [3.63, 3.8) is 0 Å². The molecule has 1 atom stereocenters. The number of nitrogens with two attached hydrogens (primary N) is 1. The Bertz CT molecular complexity index is 550. The summed E-state index contributed by atoms with van der Waals surface area (Å²) in [6.45, 7) is 7.49. The van der Waals surface area contributed by atoms with E-state index >= 15 is 0 Å². The van der Waals surface area contributed by atoms with E-state index in [0.717, 1.165) is 37.1 Å². The Morgan fingerprint density at radius 1 is 0.853 bits per heavy atom. The van der Waals surface area contributed by atoms with Crippen LogP contribution in [0, 0.1) is 29.1 Å². The molecule has 0 aromatic carbocycles. The molecule has 4 heteroatoms. The van der Waals surface area contributed by atoms with Crippen molar-refractivity contribution in [3.8, 4) is 0 Å². The van der Waals surface area contributed by atoms with Gasteiger partial charge in [0.2, 0.25) is 5.91 Å². The number of halogens is 1. The third-order valence-electron chi connectivity index (χ3n) is 9.13. The first kappa shape index (κ1) is 29.9. The Balaban J connectivity index is 0.00000408. The van der Waals surface area contributed by atoms with Crippen molar-refractivity contribution in [1.29, 1.82) is 0 Å². The molecule has 4 rings (SSSR count). The minimum Gasteiger partial charge on any atom is -0.356 e. The maximum absolute atomic E-state index is 13.2. The summed E-state index contributed by atoms with van der Waals surface area (Å²) in [5, 5.41) is 3.39. The molecule has 3 N–H and O–H groups in total. The van der Waals surface area contributed by atoms with Gasteiger partial charge in [0.05, 0.1) is 0 Å². The Hall–Kier alpha value is -0.280. The number of carbonyl (C=O) groups is 1. The summed E-state index contributed by atoms with van der Waals surface area (Å²) < 4.78 is 0. The van der Waals surface area contributed by atoms with Gasteiger partial charge in [0.25, 0.3) is 0 Å². The molecule has 0 heterocycles. The van der Waals surface area contributed by atoms with Crippen LogP contribution in [0.15, 0.2) is 0 Å². The molecule has 1 amide bonds. The highest BCUT2D eigenvalue weighted by Crippen LogP contribution is 2.60. The second-order valence-electron chi connectivity index (χ2n) is 13.3. The summed E-state index contributed by atoms with van der Waals surface area (Å²) in [6.07, 6.45) is 25.0. The van der Waals surface area contributed by atoms with E-state index in [9.17, 15) is 4.79 Å². The molecule has 1 unspecified atom stereocenters. The Morgan fingerprint density at radius 3 is 1.82 bits per heavy atom. The first-order valence-corrected chi connectivity index (χ1v) is 14.9. The molecule has 0 aromatic heterocycles. The molecule has 4 aliphatic carbocycles. The van der Waals surface area contributed by atoms with E-state index in [-0.39, 0.29) is 23.4 Å². The third kappa shape index (κ3) is 9.64. The molecule has 4 bridgehead atoms. The fourth-order valence-corrected chi connectivity index (χ4v) is 8.01. The number of carbonyl (C=O) groups excluding carboxylic acids is 1. The predicted octanol–water partition coefficient (Wildman–Crippen LogP) is 8.19. The van der Waals surface area contributed by atoms with Crippen LogP contribution in [-0.2, 0) is 4.79 Å². The lowest BCUT2D eigenvalue weighted by Gasteiger charge is -2.55. The molecule has 0 aliphatic heterocycles. The average molecular weight is 497 g/mol. The minimum atomic E-state index is -0.0909. The van der Waals surface area contributed by atoms with Gasteiger partial charge >= 0.3 is 0 Å². The molecular formula is C30H57ClN2O. The van der Waals surface area contributed by atoms with E-state index in [0.29, 0.717) is 11.8 Å². The zero-order valence-electron chi connectivity index (χ0n) is 22.8.